The van der Waals surface area contributed by atoms with E-state index < -0.39 is 8.25 Å². The predicted octanol–water partition coefficient (Wildman–Crippen LogP) is 0.391. The summed E-state index contributed by atoms with van der Waals surface area (Å²) in [4.78, 5) is 16.0. The van der Waals surface area contributed by atoms with E-state index in [0.29, 0.717) is 4.32 Å². The molecule has 4 nitrogen and oxygen atoms in total. The summed E-state index contributed by atoms with van der Waals surface area (Å²) in [6.45, 7) is 0. The molecule has 2 N–H and O–H groups in total. The normalized spacial score (nSPS) is 7.30. The molecule has 0 aliphatic rings. The lowest BCUT2D eigenvalue weighted by molar-refractivity contribution is 0.405. The van der Waals surface area contributed by atoms with Gasteiger partial charge in [0.25, 0.3) is 0 Å². The summed E-state index contributed by atoms with van der Waals surface area (Å²) in [6, 6.07) is 0. The molecule has 0 aromatic heterocycles. The SMILES string of the molecule is CN(C)C(=S)S.O=[P+](O)O. The van der Waals surface area contributed by atoms with Crippen LogP contribution in [-0.2, 0) is 4.57 Å². The van der Waals surface area contributed by atoms with Gasteiger partial charge in [-0.2, -0.15) is 0 Å². The first-order valence-electron chi connectivity index (χ1n) is 2.13. The van der Waals surface area contributed by atoms with Crippen molar-refractivity contribution in [3.63, 3.8) is 0 Å². The van der Waals surface area contributed by atoms with E-state index in [1.807, 2.05) is 14.1 Å². The Hall–Kier alpha value is 0.260. The number of hydrogen-bond acceptors (Lipinski definition) is 2. The second-order valence-corrected chi connectivity index (χ2v) is 3.05. The van der Waals surface area contributed by atoms with E-state index in [4.69, 9.17) is 14.4 Å². The lowest BCUT2D eigenvalue weighted by Crippen LogP contribution is -2.12. The summed E-state index contributed by atoms with van der Waals surface area (Å²) in [5.74, 6) is 0. The van der Waals surface area contributed by atoms with Crippen molar-refractivity contribution in [1.29, 1.82) is 0 Å². The molecule has 0 spiro atoms. The second kappa shape index (κ2) is 7.37. The molecule has 0 amide bonds. The first-order valence-corrected chi connectivity index (χ1v) is 4.15. The van der Waals surface area contributed by atoms with Crippen molar-refractivity contribution >= 4 is 37.4 Å². The third-order valence-electron chi connectivity index (χ3n) is 0.383. The standard InChI is InChI=1S/C3H7NS2.HO3P/c1-4(2)3(5)6;1-4(2)3/h1-2H3,(H,5,6);(H-,1,2,3)/p+1. The van der Waals surface area contributed by atoms with Crippen LogP contribution < -0.4 is 0 Å². The van der Waals surface area contributed by atoms with Gasteiger partial charge < -0.3 is 4.90 Å². The van der Waals surface area contributed by atoms with Crippen molar-refractivity contribution in [2.75, 3.05) is 14.1 Å². The molecule has 0 aliphatic carbocycles. The molecule has 0 rings (SSSR count). The van der Waals surface area contributed by atoms with Crippen LogP contribution in [0.15, 0.2) is 0 Å². The minimum absolute atomic E-state index is 0.620. The molecule has 10 heavy (non-hydrogen) atoms. The smallest absolute Gasteiger partial charge is 0.364 e. The Morgan fingerprint density at radius 1 is 1.60 bits per heavy atom. The molecule has 0 aromatic carbocycles. The Balaban J connectivity index is 0. The summed E-state index contributed by atoms with van der Waals surface area (Å²) >= 11 is 8.46. The van der Waals surface area contributed by atoms with Gasteiger partial charge in [0.05, 0.1) is 0 Å². The average Bonchev–Trinajstić information content (AvgIpc) is 1.63. The van der Waals surface area contributed by atoms with Crippen LogP contribution in [0.25, 0.3) is 0 Å². The fraction of sp³-hybridized carbons (Fsp3) is 0.667. The second-order valence-electron chi connectivity index (χ2n) is 1.43. The van der Waals surface area contributed by atoms with Crippen molar-refractivity contribution in [3.8, 4) is 0 Å². The maximum atomic E-state index is 8.70. The number of nitrogens with zero attached hydrogens (tertiary/aromatic N) is 1. The van der Waals surface area contributed by atoms with E-state index in [9.17, 15) is 0 Å². The molecule has 60 valence electrons. The van der Waals surface area contributed by atoms with E-state index in [1.165, 1.54) is 0 Å². The molecule has 0 unspecified atom stereocenters. The average molecular weight is 202 g/mol. The van der Waals surface area contributed by atoms with Crippen LogP contribution in [0, 0.1) is 0 Å². The molecule has 0 atom stereocenters. The maximum absolute atomic E-state index is 8.70. The number of hydrogen-bond donors (Lipinski definition) is 3. The molecule has 0 fully saturated rings. The minimum Gasteiger partial charge on any atom is -0.364 e. The van der Waals surface area contributed by atoms with Gasteiger partial charge in [-0.15, -0.1) is 22.4 Å². The monoisotopic (exact) mass is 202 g/mol. The molecular weight excluding hydrogens is 193 g/mol. The van der Waals surface area contributed by atoms with E-state index >= 15 is 0 Å². The molecule has 7 heteroatoms. The zero-order valence-electron chi connectivity index (χ0n) is 5.55. The fourth-order valence-electron chi connectivity index (χ4n) is 0. The molecule has 0 bridgehead atoms. The molecule has 0 saturated carbocycles. The summed E-state index contributed by atoms with van der Waals surface area (Å²) in [5.41, 5.74) is 0. The van der Waals surface area contributed by atoms with Crippen molar-refractivity contribution in [2.45, 2.75) is 0 Å². The van der Waals surface area contributed by atoms with Crippen LogP contribution in [0.3, 0.4) is 0 Å². The van der Waals surface area contributed by atoms with E-state index in [2.05, 4.69) is 24.8 Å². The van der Waals surface area contributed by atoms with E-state index in [-0.39, 0.29) is 0 Å². The Morgan fingerprint density at radius 2 is 1.70 bits per heavy atom. The summed E-state index contributed by atoms with van der Waals surface area (Å²) < 4.78 is 9.32. The lowest BCUT2D eigenvalue weighted by atomic mass is 11.0. The minimum atomic E-state index is -2.87. The van der Waals surface area contributed by atoms with Gasteiger partial charge in [0, 0.05) is 18.7 Å². The Morgan fingerprint density at radius 3 is 1.70 bits per heavy atom. The van der Waals surface area contributed by atoms with Gasteiger partial charge in [-0.3, -0.25) is 0 Å². The number of thiocarbonyl (C=S) groups is 1. The zero-order valence-corrected chi connectivity index (χ0v) is 8.16. The Labute approximate surface area is 71.2 Å². The molecular formula is C3H9NO3PS2+. The highest BCUT2D eigenvalue weighted by atomic mass is 32.1. The fourth-order valence-corrected chi connectivity index (χ4v) is 0. The predicted molar refractivity (Wildman–Crippen MR) is 47.3 cm³/mol. The number of rotatable bonds is 0. The summed E-state index contributed by atoms with van der Waals surface area (Å²) in [7, 11) is 0.843. The molecule has 0 saturated heterocycles. The molecule has 0 heterocycles. The highest BCUT2D eigenvalue weighted by molar-refractivity contribution is 8.10. The van der Waals surface area contributed by atoms with Gasteiger partial charge in [0.15, 0.2) is 0 Å². The van der Waals surface area contributed by atoms with Gasteiger partial charge in [-0.1, -0.05) is 12.2 Å². The first-order chi connectivity index (χ1) is 4.37. The third kappa shape index (κ3) is 24.0. The molecule has 0 aromatic rings. The van der Waals surface area contributed by atoms with Gasteiger partial charge in [0.1, 0.15) is 4.32 Å². The van der Waals surface area contributed by atoms with Crippen molar-refractivity contribution < 1.29 is 14.4 Å². The van der Waals surface area contributed by atoms with Crippen molar-refractivity contribution in [2.24, 2.45) is 0 Å². The summed E-state index contributed by atoms with van der Waals surface area (Å²) in [6.07, 6.45) is 0. The Kier molecular flexibility index (Phi) is 9.50. The van der Waals surface area contributed by atoms with Crippen LogP contribution in [0.1, 0.15) is 0 Å². The van der Waals surface area contributed by atoms with Gasteiger partial charge in [-0.25, -0.2) is 0 Å². The van der Waals surface area contributed by atoms with Crippen LogP contribution >= 0.6 is 33.1 Å². The number of thiol groups is 1. The highest BCUT2D eigenvalue weighted by Gasteiger charge is 1.93. The van der Waals surface area contributed by atoms with Gasteiger partial charge in [-0.05, 0) is 0 Å². The van der Waals surface area contributed by atoms with Crippen LogP contribution in [0.4, 0.5) is 0 Å². The first kappa shape index (κ1) is 12.9. The molecule has 0 radical (unpaired) electrons. The molecule has 0 aliphatic heterocycles. The highest BCUT2D eigenvalue weighted by Crippen LogP contribution is 1.98. The van der Waals surface area contributed by atoms with Crippen molar-refractivity contribution in [3.05, 3.63) is 0 Å². The van der Waals surface area contributed by atoms with E-state index in [0.717, 1.165) is 0 Å². The largest absolute Gasteiger partial charge is 0.692 e. The maximum Gasteiger partial charge on any atom is 0.692 e. The topological polar surface area (TPSA) is 60.8 Å². The van der Waals surface area contributed by atoms with Gasteiger partial charge >= 0.3 is 8.25 Å². The van der Waals surface area contributed by atoms with Crippen LogP contribution in [-0.4, -0.2) is 33.1 Å². The quantitative estimate of drug-likeness (QED) is 0.301. The van der Waals surface area contributed by atoms with Crippen molar-refractivity contribution in [1.82, 2.24) is 4.90 Å². The van der Waals surface area contributed by atoms with Crippen LogP contribution in [0.2, 0.25) is 0 Å². The Bertz CT molecular complexity index is 125. The van der Waals surface area contributed by atoms with E-state index in [1.54, 1.807) is 4.90 Å². The summed E-state index contributed by atoms with van der Waals surface area (Å²) in [5, 5.41) is 0. The lowest BCUT2D eigenvalue weighted by Gasteiger charge is -2.05. The van der Waals surface area contributed by atoms with Crippen LogP contribution in [0.5, 0.6) is 0 Å². The van der Waals surface area contributed by atoms with Gasteiger partial charge in [0.2, 0.25) is 0 Å². The third-order valence-corrected chi connectivity index (χ3v) is 1.15. The zero-order chi connectivity index (χ0) is 8.73.